The van der Waals surface area contributed by atoms with Crippen molar-refractivity contribution in [1.29, 1.82) is 0 Å². The smallest absolute Gasteiger partial charge is 0.203 e. The number of ketones is 1. The lowest BCUT2D eigenvalue weighted by Gasteiger charge is -1.95. The van der Waals surface area contributed by atoms with Crippen LogP contribution in [-0.4, -0.2) is 18.0 Å². The summed E-state index contributed by atoms with van der Waals surface area (Å²) >= 11 is 0. The first-order chi connectivity index (χ1) is 6.20. The number of rotatable bonds is 3. The Balaban J connectivity index is 2.70. The first-order valence-corrected chi connectivity index (χ1v) is 4.32. The van der Waals surface area contributed by atoms with Gasteiger partial charge in [0.25, 0.3) is 0 Å². The molecule has 1 aromatic rings. The van der Waals surface area contributed by atoms with Gasteiger partial charge in [0, 0.05) is 11.6 Å². The van der Waals surface area contributed by atoms with Crippen molar-refractivity contribution in [2.24, 2.45) is 4.99 Å². The van der Waals surface area contributed by atoms with Crippen molar-refractivity contribution in [2.45, 2.75) is 19.9 Å². The van der Waals surface area contributed by atoms with Gasteiger partial charge in [-0.2, -0.15) is 0 Å². The van der Waals surface area contributed by atoms with Crippen LogP contribution in [-0.2, 0) is 0 Å². The number of carbonyl (C=O) groups excluding carboxylic acids is 1. The van der Waals surface area contributed by atoms with E-state index in [2.05, 4.69) is 4.99 Å². The third-order valence-corrected chi connectivity index (χ3v) is 1.55. The van der Waals surface area contributed by atoms with Crippen molar-refractivity contribution < 1.29 is 4.79 Å². The summed E-state index contributed by atoms with van der Waals surface area (Å²) in [6.07, 6.45) is 1.39. The Morgan fingerprint density at radius 3 is 2.46 bits per heavy atom. The molecule has 0 atom stereocenters. The molecule has 68 valence electrons. The molecule has 0 spiro atoms. The van der Waals surface area contributed by atoms with Gasteiger partial charge in [0.2, 0.25) is 5.78 Å². The maximum Gasteiger partial charge on any atom is 0.203 e. The van der Waals surface area contributed by atoms with Gasteiger partial charge in [-0.1, -0.05) is 30.3 Å². The Bertz CT molecular complexity index is 301. The molecule has 13 heavy (non-hydrogen) atoms. The molecule has 0 saturated heterocycles. The van der Waals surface area contributed by atoms with Crippen LogP contribution < -0.4 is 0 Å². The van der Waals surface area contributed by atoms with Crippen LogP contribution in [0.3, 0.4) is 0 Å². The summed E-state index contributed by atoms with van der Waals surface area (Å²) in [6.45, 7) is 3.88. The van der Waals surface area contributed by atoms with Crippen LogP contribution >= 0.6 is 0 Å². The molecule has 0 aliphatic heterocycles. The normalized spacial score (nSPS) is 11.0. The Hall–Kier alpha value is -1.44. The van der Waals surface area contributed by atoms with Gasteiger partial charge in [-0.05, 0) is 13.8 Å². The zero-order valence-corrected chi connectivity index (χ0v) is 7.90. The summed E-state index contributed by atoms with van der Waals surface area (Å²) in [5.74, 6) is -0.0331. The first kappa shape index (κ1) is 9.65. The summed E-state index contributed by atoms with van der Waals surface area (Å²) in [4.78, 5) is 15.4. The van der Waals surface area contributed by atoms with E-state index in [4.69, 9.17) is 0 Å². The topological polar surface area (TPSA) is 29.4 Å². The zero-order chi connectivity index (χ0) is 9.68. The largest absolute Gasteiger partial charge is 0.288 e. The van der Waals surface area contributed by atoms with Crippen molar-refractivity contribution in [1.82, 2.24) is 0 Å². The highest BCUT2D eigenvalue weighted by Gasteiger charge is 1.99. The summed E-state index contributed by atoms with van der Waals surface area (Å²) in [5, 5.41) is 0. The average Bonchev–Trinajstić information content (AvgIpc) is 2.15. The zero-order valence-electron chi connectivity index (χ0n) is 7.90. The molecule has 0 saturated carbocycles. The molecule has 0 aromatic heterocycles. The van der Waals surface area contributed by atoms with Crippen molar-refractivity contribution >= 4 is 12.0 Å². The lowest BCUT2D eigenvalue weighted by molar-refractivity contribution is 0.107. The molecule has 0 radical (unpaired) electrons. The second kappa shape index (κ2) is 4.55. The van der Waals surface area contributed by atoms with E-state index in [9.17, 15) is 4.79 Å². The van der Waals surface area contributed by atoms with Crippen LogP contribution in [0, 0.1) is 0 Å². The molecular weight excluding hydrogens is 162 g/mol. The molecule has 0 N–H and O–H groups in total. The third-order valence-electron chi connectivity index (χ3n) is 1.55. The van der Waals surface area contributed by atoms with Gasteiger partial charge in [0.05, 0.1) is 6.21 Å². The van der Waals surface area contributed by atoms with Crippen LogP contribution in [0.5, 0.6) is 0 Å². The van der Waals surface area contributed by atoms with Gasteiger partial charge in [0.15, 0.2) is 0 Å². The summed E-state index contributed by atoms with van der Waals surface area (Å²) in [5.41, 5.74) is 0.687. The summed E-state index contributed by atoms with van der Waals surface area (Å²) in [6, 6.07) is 9.32. The van der Waals surface area contributed by atoms with Crippen molar-refractivity contribution in [3.8, 4) is 0 Å². The minimum Gasteiger partial charge on any atom is -0.288 e. The summed E-state index contributed by atoms with van der Waals surface area (Å²) in [7, 11) is 0. The molecule has 0 amide bonds. The van der Waals surface area contributed by atoms with E-state index in [1.54, 1.807) is 12.1 Å². The van der Waals surface area contributed by atoms with E-state index >= 15 is 0 Å². The standard InChI is InChI=1S/C11H13NO/c1-9(2)12-8-11(13)10-6-4-3-5-7-10/h3-9H,1-2H3. The Morgan fingerprint density at radius 1 is 1.31 bits per heavy atom. The van der Waals surface area contributed by atoms with Crippen LogP contribution in [0.4, 0.5) is 0 Å². The lowest BCUT2D eigenvalue weighted by atomic mass is 10.1. The molecule has 0 unspecified atom stereocenters. The number of Topliss-reactive ketones (excluding diaryl/α,β-unsaturated/α-hetero) is 1. The fourth-order valence-electron chi connectivity index (χ4n) is 0.894. The van der Waals surface area contributed by atoms with Crippen LogP contribution in [0.2, 0.25) is 0 Å². The molecular formula is C11H13NO. The molecule has 1 aromatic carbocycles. The molecule has 0 aliphatic carbocycles. The van der Waals surface area contributed by atoms with Crippen molar-refractivity contribution in [3.05, 3.63) is 35.9 Å². The second-order valence-electron chi connectivity index (χ2n) is 3.10. The van der Waals surface area contributed by atoms with Crippen LogP contribution in [0.15, 0.2) is 35.3 Å². The van der Waals surface area contributed by atoms with E-state index in [0.717, 1.165) is 0 Å². The molecule has 0 heterocycles. The second-order valence-corrected chi connectivity index (χ2v) is 3.10. The monoisotopic (exact) mass is 175 g/mol. The van der Waals surface area contributed by atoms with E-state index in [0.29, 0.717) is 5.56 Å². The summed E-state index contributed by atoms with van der Waals surface area (Å²) < 4.78 is 0. The molecule has 2 nitrogen and oxygen atoms in total. The number of nitrogens with zero attached hydrogens (tertiary/aromatic N) is 1. The van der Waals surface area contributed by atoms with Crippen molar-refractivity contribution in [2.75, 3.05) is 0 Å². The number of benzene rings is 1. The Morgan fingerprint density at radius 2 is 1.92 bits per heavy atom. The first-order valence-electron chi connectivity index (χ1n) is 4.32. The highest BCUT2D eigenvalue weighted by molar-refractivity contribution is 6.35. The van der Waals surface area contributed by atoms with Crippen molar-refractivity contribution in [3.63, 3.8) is 0 Å². The van der Waals surface area contributed by atoms with Gasteiger partial charge in [0.1, 0.15) is 0 Å². The minimum absolute atomic E-state index is 0.0331. The van der Waals surface area contributed by atoms with E-state index in [-0.39, 0.29) is 11.8 Å². The number of carbonyl (C=O) groups is 1. The van der Waals surface area contributed by atoms with E-state index in [1.165, 1.54) is 6.21 Å². The van der Waals surface area contributed by atoms with Gasteiger partial charge >= 0.3 is 0 Å². The predicted molar refractivity (Wildman–Crippen MR) is 54.4 cm³/mol. The number of hydrogen-bond acceptors (Lipinski definition) is 2. The SMILES string of the molecule is CC(C)N=CC(=O)c1ccccc1. The van der Waals surface area contributed by atoms with Crippen LogP contribution in [0.25, 0.3) is 0 Å². The highest BCUT2D eigenvalue weighted by Crippen LogP contribution is 1.98. The molecule has 0 aliphatic rings. The van der Waals surface area contributed by atoms with Gasteiger partial charge in [-0.25, -0.2) is 0 Å². The van der Waals surface area contributed by atoms with E-state index in [1.807, 2.05) is 32.0 Å². The quantitative estimate of drug-likeness (QED) is 0.512. The molecule has 0 bridgehead atoms. The Kier molecular flexibility index (Phi) is 3.38. The fourth-order valence-corrected chi connectivity index (χ4v) is 0.894. The lowest BCUT2D eigenvalue weighted by Crippen LogP contribution is -2.02. The maximum atomic E-state index is 11.4. The van der Waals surface area contributed by atoms with Gasteiger partial charge < -0.3 is 0 Å². The third kappa shape index (κ3) is 3.20. The Labute approximate surface area is 78.3 Å². The number of aliphatic imine (C=N–C) groups is 1. The van der Waals surface area contributed by atoms with Gasteiger partial charge in [-0.3, -0.25) is 9.79 Å². The number of hydrogen-bond donors (Lipinski definition) is 0. The fraction of sp³-hybridized carbons (Fsp3) is 0.273. The maximum absolute atomic E-state index is 11.4. The highest BCUT2D eigenvalue weighted by atomic mass is 16.1. The molecule has 1 rings (SSSR count). The molecule has 0 fully saturated rings. The van der Waals surface area contributed by atoms with Crippen LogP contribution in [0.1, 0.15) is 24.2 Å². The van der Waals surface area contributed by atoms with Gasteiger partial charge in [-0.15, -0.1) is 0 Å². The van der Waals surface area contributed by atoms with E-state index < -0.39 is 0 Å². The molecule has 2 heteroatoms. The predicted octanol–water partition coefficient (Wildman–Crippen LogP) is 2.35. The average molecular weight is 175 g/mol. The minimum atomic E-state index is -0.0331.